The summed E-state index contributed by atoms with van der Waals surface area (Å²) < 4.78 is 1.35. The predicted octanol–water partition coefficient (Wildman–Crippen LogP) is 2.67. The van der Waals surface area contributed by atoms with Gasteiger partial charge < -0.3 is 10.6 Å². The second-order valence-corrected chi connectivity index (χ2v) is 7.47. The van der Waals surface area contributed by atoms with Crippen LogP contribution in [-0.4, -0.2) is 28.1 Å². The zero-order valence-electron chi connectivity index (χ0n) is 16.4. The van der Waals surface area contributed by atoms with Gasteiger partial charge in [-0.3, -0.25) is 14.4 Å². The predicted molar refractivity (Wildman–Crippen MR) is 111 cm³/mol. The molecule has 7 heteroatoms. The lowest BCUT2D eigenvalue weighted by atomic mass is 9.95. The molecule has 148 valence electrons. The van der Waals surface area contributed by atoms with E-state index >= 15 is 0 Å². The van der Waals surface area contributed by atoms with Crippen molar-refractivity contribution < 1.29 is 9.59 Å². The number of hydrogen-bond donors (Lipinski definition) is 1. The Hall–Kier alpha value is -3.48. The molecule has 7 nitrogen and oxygen atoms in total. The van der Waals surface area contributed by atoms with E-state index < -0.39 is 5.91 Å². The van der Waals surface area contributed by atoms with Gasteiger partial charge in [0.25, 0.3) is 11.5 Å². The van der Waals surface area contributed by atoms with Gasteiger partial charge in [0, 0.05) is 23.2 Å². The van der Waals surface area contributed by atoms with Gasteiger partial charge in [0.15, 0.2) is 5.69 Å². The number of anilines is 1. The molecule has 2 heterocycles. The molecule has 2 aromatic carbocycles. The fraction of sp³-hybridized carbons (Fsp3) is 0.273. The molecular weight excluding hydrogens is 368 g/mol. The molecule has 0 atom stereocenters. The third-order valence-electron chi connectivity index (χ3n) is 5.28. The minimum absolute atomic E-state index is 0.186. The number of rotatable bonds is 3. The van der Waals surface area contributed by atoms with Crippen LogP contribution in [0.2, 0.25) is 0 Å². The number of aromatic nitrogens is 2. The largest absolute Gasteiger partial charge is 0.366 e. The van der Waals surface area contributed by atoms with Crippen LogP contribution >= 0.6 is 0 Å². The molecule has 0 aliphatic carbocycles. The number of hydrogen-bond acceptors (Lipinski definition) is 4. The minimum Gasteiger partial charge on any atom is -0.366 e. The number of carbonyl (C=O) groups is 2. The van der Waals surface area contributed by atoms with Crippen molar-refractivity contribution in [2.75, 3.05) is 11.4 Å². The zero-order chi connectivity index (χ0) is 20.7. The standard InChI is InChI=1S/C22H22N4O3/c1-13(2)26-21(28)17-8-4-3-7-15(17)19(24-26)22(29)25-12-6-10-14-16(20(23)27)9-5-11-18(14)25/h3-5,7-9,11,13H,6,10,12H2,1-2H3,(H2,23,27). The molecule has 0 bridgehead atoms. The summed E-state index contributed by atoms with van der Waals surface area (Å²) in [6, 6.07) is 12.1. The van der Waals surface area contributed by atoms with Crippen LogP contribution in [0.5, 0.6) is 0 Å². The van der Waals surface area contributed by atoms with Crippen LogP contribution in [0.15, 0.2) is 47.3 Å². The lowest BCUT2D eigenvalue weighted by Crippen LogP contribution is -2.38. The van der Waals surface area contributed by atoms with Crippen molar-refractivity contribution in [2.24, 2.45) is 5.73 Å². The van der Waals surface area contributed by atoms with Crippen LogP contribution in [0.25, 0.3) is 10.8 Å². The summed E-state index contributed by atoms with van der Waals surface area (Å²) in [6.45, 7) is 4.21. The summed E-state index contributed by atoms with van der Waals surface area (Å²) in [5.74, 6) is -0.800. The quantitative estimate of drug-likeness (QED) is 0.743. The Morgan fingerprint density at radius 1 is 1.07 bits per heavy atom. The first-order valence-corrected chi connectivity index (χ1v) is 9.65. The van der Waals surface area contributed by atoms with E-state index in [1.807, 2.05) is 19.9 Å². The highest BCUT2D eigenvalue weighted by Gasteiger charge is 2.29. The number of carbonyl (C=O) groups excluding carboxylic acids is 2. The third kappa shape index (κ3) is 3.08. The average molecular weight is 390 g/mol. The smallest absolute Gasteiger partial charge is 0.279 e. The average Bonchev–Trinajstić information content (AvgIpc) is 2.72. The van der Waals surface area contributed by atoms with Crippen molar-refractivity contribution >= 4 is 28.3 Å². The molecule has 0 spiro atoms. The van der Waals surface area contributed by atoms with Gasteiger partial charge in [0.1, 0.15) is 0 Å². The van der Waals surface area contributed by atoms with E-state index in [2.05, 4.69) is 5.10 Å². The van der Waals surface area contributed by atoms with E-state index in [-0.39, 0.29) is 23.2 Å². The molecule has 0 saturated carbocycles. The number of nitrogens with zero attached hydrogens (tertiary/aromatic N) is 3. The number of fused-ring (bicyclic) bond motifs is 2. The molecule has 4 rings (SSSR count). The lowest BCUT2D eigenvalue weighted by molar-refractivity contribution is 0.0973. The molecule has 1 aromatic heterocycles. The van der Waals surface area contributed by atoms with Gasteiger partial charge in [0.2, 0.25) is 5.91 Å². The lowest BCUT2D eigenvalue weighted by Gasteiger charge is -2.30. The summed E-state index contributed by atoms with van der Waals surface area (Å²) in [4.78, 5) is 39.8. The molecule has 2 N–H and O–H groups in total. The van der Waals surface area contributed by atoms with Crippen molar-refractivity contribution in [1.29, 1.82) is 0 Å². The Morgan fingerprint density at radius 3 is 2.48 bits per heavy atom. The second-order valence-electron chi connectivity index (χ2n) is 7.47. The Morgan fingerprint density at radius 2 is 1.79 bits per heavy atom. The molecule has 0 unspecified atom stereocenters. The normalized spacial score (nSPS) is 13.6. The maximum Gasteiger partial charge on any atom is 0.279 e. The van der Waals surface area contributed by atoms with Crippen LogP contribution in [0.4, 0.5) is 5.69 Å². The number of benzene rings is 2. The molecule has 0 fully saturated rings. The van der Waals surface area contributed by atoms with E-state index in [0.29, 0.717) is 41.4 Å². The van der Waals surface area contributed by atoms with Gasteiger partial charge in [-0.25, -0.2) is 4.68 Å². The highest BCUT2D eigenvalue weighted by Crippen LogP contribution is 2.31. The van der Waals surface area contributed by atoms with Crippen molar-refractivity contribution in [1.82, 2.24) is 9.78 Å². The van der Waals surface area contributed by atoms with E-state index in [4.69, 9.17) is 5.73 Å². The molecule has 0 saturated heterocycles. The van der Waals surface area contributed by atoms with Gasteiger partial charge in [-0.05, 0) is 50.5 Å². The number of primary amides is 1. The molecule has 29 heavy (non-hydrogen) atoms. The van der Waals surface area contributed by atoms with Crippen LogP contribution in [0, 0.1) is 0 Å². The summed E-state index contributed by atoms with van der Waals surface area (Å²) in [5, 5.41) is 5.41. The van der Waals surface area contributed by atoms with Crippen molar-refractivity contribution in [3.8, 4) is 0 Å². The van der Waals surface area contributed by atoms with E-state index in [9.17, 15) is 14.4 Å². The third-order valence-corrected chi connectivity index (χ3v) is 5.28. The molecule has 1 aliphatic heterocycles. The van der Waals surface area contributed by atoms with Crippen LogP contribution in [-0.2, 0) is 6.42 Å². The number of amides is 2. The van der Waals surface area contributed by atoms with Crippen LogP contribution in [0.1, 0.15) is 52.7 Å². The van der Waals surface area contributed by atoms with Crippen molar-refractivity contribution in [3.05, 3.63) is 69.6 Å². The summed E-state index contributed by atoms with van der Waals surface area (Å²) in [5.41, 5.74) is 7.42. The molecule has 0 radical (unpaired) electrons. The fourth-order valence-corrected chi connectivity index (χ4v) is 3.91. The van der Waals surface area contributed by atoms with E-state index in [1.165, 1.54) is 4.68 Å². The molecule has 3 aromatic rings. The second kappa shape index (κ2) is 7.16. The topological polar surface area (TPSA) is 98.3 Å². The highest BCUT2D eigenvalue weighted by molar-refractivity contribution is 6.13. The highest BCUT2D eigenvalue weighted by atomic mass is 16.2. The minimum atomic E-state index is -0.506. The summed E-state index contributed by atoms with van der Waals surface area (Å²) in [7, 11) is 0. The van der Waals surface area contributed by atoms with Gasteiger partial charge >= 0.3 is 0 Å². The fourth-order valence-electron chi connectivity index (χ4n) is 3.91. The first kappa shape index (κ1) is 18.9. The Balaban J connectivity index is 1.91. The van der Waals surface area contributed by atoms with Crippen LogP contribution in [0.3, 0.4) is 0 Å². The van der Waals surface area contributed by atoms with Gasteiger partial charge in [-0.1, -0.05) is 24.3 Å². The SMILES string of the molecule is CC(C)n1nc(C(=O)N2CCCc3c(C(N)=O)cccc32)c2ccccc2c1=O. The maximum absolute atomic E-state index is 13.6. The van der Waals surface area contributed by atoms with E-state index in [0.717, 1.165) is 5.56 Å². The van der Waals surface area contributed by atoms with Crippen molar-refractivity contribution in [3.63, 3.8) is 0 Å². The Kier molecular flexibility index (Phi) is 4.66. The van der Waals surface area contributed by atoms with Crippen molar-refractivity contribution in [2.45, 2.75) is 32.7 Å². The maximum atomic E-state index is 13.6. The van der Waals surface area contributed by atoms with Gasteiger partial charge in [-0.2, -0.15) is 5.10 Å². The first-order valence-electron chi connectivity index (χ1n) is 9.65. The Labute approximate surface area is 167 Å². The Bertz CT molecular complexity index is 1200. The summed E-state index contributed by atoms with van der Waals surface area (Å²) in [6.07, 6.45) is 1.39. The number of nitrogens with two attached hydrogens (primary N) is 1. The molecule has 2 amide bonds. The van der Waals surface area contributed by atoms with Gasteiger partial charge in [-0.15, -0.1) is 0 Å². The monoisotopic (exact) mass is 390 g/mol. The van der Waals surface area contributed by atoms with Crippen LogP contribution < -0.4 is 16.2 Å². The first-order chi connectivity index (χ1) is 13.9. The van der Waals surface area contributed by atoms with Gasteiger partial charge in [0.05, 0.1) is 11.4 Å². The molecule has 1 aliphatic rings. The molecular formula is C22H22N4O3. The van der Waals surface area contributed by atoms with E-state index in [1.54, 1.807) is 41.3 Å². The zero-order valence-corrected chi connectivity index (χ0v) is 16.4. The summed E-state index contributed by atoms with van der Waals surface area (Å²) >= 11 is 0.